The third kappa shape index (κ3) is 3.02. The van der Waals surface area contributed by atoms with Crippen molar-refractivity contribution in [2.75, 3.05) is 32.1 Å². The minimum Gasteiger partial charge on any atom is -0.381 e. The van der Waals surface area contributed by atoms with Crippen LogP contribution in [-0.2, 0) is 21.1 Å². The first-order valence-corrected chi connectivity index (χ1v) is 9.87. The molecule has 0 radical (unpaired) electrons. The topological polar surface area (TPSA) is 46.6 Å². The molecule has 0 bridgehead atoms. The number of hydrogen-bond donors (Lipinski definition) is 0. The van der Waals surface area contributed by atoms with Gasteiger partial charge < -0.3 is 4.74 Å². The second kappa shape index (κ2) is 6.31. The second-order valence-corrected chi connectivity index (χ2v) is 9.28. The molecule has 2 saturated heterocycles. The summed E-state index contributed by atoms with van der Waals surface area (Å²) in [7, 11) is -3.09. The van der Waals surface area contributed by atoms with E-state index in [2.05, 4.69) is 0 Å². The molecule has 0 aliphatic carbocycles. The van der Waals surface area contributed by atoms with Crippen LogP contribution in [0, 0.1) is 11.7 Å². The zero-order chi connectivity index (χ0) is 16.7. The lowest BCUT2D eigenvalue weighted by Crippen LogP contribution is -2.67. The molecule has 2 aliphatic heterocycles. The van der Waals surface area contributed by atoms with Crippen molar-refractivity contribution in [1.29, 1.82) is 0 Å². The molecule has 3 rings (SSSR count). The van der Waals surface area contributed by atoms with E-state index in [0.29, 0.717) is 39.3 Å². The van der Waals surface area contributed by atoms with Gasteiger partial charge in [-0.25, -0.2) is 12.8 Å². The van der Waals surface area contributed by atoms with Crippen LogP contribution in [-0.4, -0.2) is 50.1 Å². The van der Waals surface area contributed by atoms with Crippen LogP contribution in [0.4, 0.5) is 4.39 Å². The standard InChI is InChI=1S/C16H21ClFNO3S/c1-2-22-9-13-5-6-23(20,21)16(13)10-19(11-16)8-12-3-4-14(17)15(18)7-12/h3-4,7,13H,2,5-6,8-11H2,1H3. The van der Waals surface area contributed by atoms with Crippen LogP contribution in [0.3, 0.4) is 0 Å². The molecule has 2 aliphatic rings. The Hall–Kier alpha value is -0.690. The van der Waals surface area contributed by atoms with E-state index in [9.17, 15) is 12.8 Å². The van der Waals surface area contributed by atoms with Gasteiger partial charge in [0.25, 0.3) is 0 Å². The van der Waals surface area contributed by atoms with Crippen LogP contribution in [0.2, 0.25) is 5.02 Å². The van der Waals surface area contributed by atoms with Crippen LogP contribution in [0.5, 0.6) is 0 Å². The summed E-state index contributed by atoms with van der Waals surface area (Å²) in [6, 6.07) is 4.72. The van der Waals surface area contributed by atoms with E-state index >= 15 is 0 Å². The summed E-state index contributed by atoms with van der Waals surface area (Å²) < 4.78 is 43.3. The molecule has 128 valence electrons. The van der Waals surface area contributed by atoms with Crippen molar-refractivity contribution in [2.45, 2.75) is 24.6 Å². The van der Waals surface area contributed by atoms with Crippen LogP contribution in [0.25, 0.3) is 0 Å². The first kappa shape index (κ1) is 17.1. The summed E-state index contributed by atoms with van der Waals surface area (Å²) in [5.41, 5.74) is 0.804. The highest BCUT2D eigenvalue weighted by atomic mass is 35.5. The summed E-state index contributed by atoms with van der Waals surface area (Å²) in [6.45, 7) is 4.54. The second-order valence-electron chi connectivity index (χ2n) is 6.42. The summed E-state index contributed by atoms with van der Waals surface area (Å²) >= 11 is 5.69. The van der Waals surface area contributed by atoms with E-state index in [1.165, 1.54) is 12.1 Å². The highest BCUT2D eigenvalue weighted by Crippen LogP contribution is 2.45. The molecule has 0 amide bonds. The van der Waals surface area contributed by atoms with Gasteiger partial charge in [-0.2, -0.15) is 0 Å². The SMILES string of the molecule is CCOCC1CCS(=O)(=O)C12CN(Cc1ccc(Cl)c(F)c1)C2. The van der Waals surface area contributed by atoms with E-state index in [1.54, 1.807) is 6.07 Å². The quantitative estimate of drug-likeness (QED) is 0.808. The Kier molecular flexibility index (Phi) is 4.71. The first-order valence-electron chi connectivity index (χ1n) is 7.84. The zero-order valence-corrected chi connectivity index (χ0v) is 14.7. The van der Waals surface area contributed by atoms with Crippen molar-refractivity contribution in [1.82, 2.24) is 4.90 Å². The predicted molar refractivity (Wildman–Crippen MR) is 87.8 cm³/mol. The molecule has 1 aromatic carbocycles. The van der Waals surface area contributed by atoms with Crippen molar-refractivity contribution in [3.63, 3.8) is 0 Å². The van der Waals surface area contributed by atoms with Gasteiger partial charge in [0, 0.05) is 32.2 Å². The molecule has 1 unspecified atom stereocenters. The van der Waals surface area contributed by atoms with Gasteiger partial charge in [0.2, 0.25) is 0 Å². The minimum atomic E-state index is -3.09. The third-order valence-corrected chi connectivity index (χ3v) is 7.90. The highest BCUT2D eigenvalue weighted by molar-refractivity contribution is 7.93. The lowest BCUT2D eigenvalue weighted by molar-refractivity contribution is 0.0292. The zero-order valence-electron chi connectivity index (χ0n) is 13.1. The Bertz CT molecular complexity index is 689. The Balaban J connectivity index is 1.68. The number of rotatable bonds is 5. The number of hydrogen-bond acceptors (Lipinski definition) is 4. The van der Waals surface area contributed by atoms with E-state index < -0.39 is 20.4 Å². The molecule has 0 saturated carbocycles. The predicted octanol–water partition coefficient (Wildman–Crippen LogP) is 2.50. The Morgan fingerprint density at radius 1 is 1.43 bits per heavy atom. The van der Waals surface area contributed by atoms with E-state index in [4.69, 9.17) is 16.3 Å². The summed E-state index contributed by atoms with van der Waals surface area (Å²) in [4.78, 5) is 2.05. The average molecular weight is 362 g/mol. The van der Waals surface area contributed by atoms with Gasteiger partial charge in [-0.1, -0.05) is 17.7 Å². The number of sulfone groups is 1. The minimum absolute atomic E-state index is 0.0608. The van der Waals surface area contributed by atoms with Crippen LogP contribution >= 0.6 is 11.6 Å². The largest absolute Gasteiger partial charge is 0.381 e. The maximum atomic E-state index is 13.5. The molecular weight excluding hydrogens is 341 g/mol. The normalized spacial score (nSPS) is 25.6. The molecule has 2 heterocycles. The first-order chi connectivity index (χ1) is 10.9. The van der Waals surface area contributed by atoms with Gasteiger partial charge in [0.05, 0.1) is 17.4 Å². The fourth-order valence-corrected chi connectivity index (χ4v) is 6.26. The number of halogens is 2. The number of likely N-dealkylation sites (tertiary alicyclic amines) is 1. The van der Waals surface area contributed by atoms with Crippen molar-refractivity contribution >= 4 is 21.4 Å². The van der Waals surface area contributed by atoms with E-state index in [0.717, 1.165) is 5.56 Å². The molecule has 0 N–H and O–H groups in total. The molecule has 7 heteroatoms. The lowest BCUT2D eigenvalue weighted by atomic mass is 9.83. The van der Waals surface area contributed by atoms with Crippen LogP contribution < -0.4 is 0 Å². The molecule has 1 spiro atoms. The number of nitrogens with zero attached hydrogens (tertiary/aromatic N) is 1. The third-order valence-electron chi connectivity index (χ3n) is 4.99. The van der Waals surface area contributed by atoms with Crippen molar-refractivity contribution in [2.24, 2.45) is 5.92 Å². The fourth-order valence-electron chi connectivity index (χ4n) is 3.69. The summed E-state index contributed by atoms with van der Waals surface area (Å²) in [6.07, 6.45) is 0.672. The molecule has 0 aromatic heterocycles. The number of benzene rings is 1. The molecule has 1 aromatic rings. The van der Waals surface area contributed by atoms with Gasteiger partial charge in [0.15, 0.2) is 9.84 Å². The van der Waals surface area contributed by atoms with E-state index in [-0.39, 0.29) is 16.7 Å². The Labute approximate surface area is 141 Å². The average Bonchev–Trinajstić information content (AvgIpc) is 2.72. The Morgan fingerprint density at radius 3 is 2.83 bits per heavy atom. The van der Waals surface area contributed by atoms with Gasteiger partial charge in [-0.05, 0) is 31.0 Å². The highest BCUT2D eigenvalue weighted by Gasteiger charge is 2.61. The van der Waals surface area contributed by atoms with Gasteiger partial charge in [-0.3, -0.25) is 4.90 Å². The Morgan fingerprint density at radius 2 is 2.17 bits per heavy atom. The number of ether oxygens (including phenoxy) is 1. The fraction of sp³-hybridized carbons (Fsp3) is 0.625. The van der Waals surface area contributed by atoms with Crippen molar-refractivity contribution < 1.29 is 17.5 Å². The van der Waals surface area contributed by atoms with Gasteiger partial charge in [0.1, 0.15) is 10.6 Å². The lowest BCUT2D eigenvalue weighted by Gasteiger charge is -2.50. The van der Waals surface area contributed by atoms with Gasteiger partial charge >= 0.3 is 0 Å². The smallest absolute Gasteiger partial charge is 0.158 e. The summed E-state index contributed by atoms with van der Waals surface area (Å²) in [5, 5.41) is 0.101. The molecule has 2 fully saturated rings. The molecular formula is C16H21ClFNO3S. The van der Waals surface area contributed by atoms with Gasteiger partial charge in [-0.15, -0.1) is 0 Å². The molecule has 1 atom stereocenters. The van der Waals surface area contributed by atoms with Crippen molar-refractivity contribution in [3.05, 3.63) is 34.6 Å². The van der Waals surface area contributed by atoms with Crippen LogP contribution in [0.1, 0.15) is 18.9 Å². The van der Waals surface area contributed by atoms with Crippen LogP contribution in [0.15, 0.2) is 18.2 Å². The van der Waals surface area contributed by atoms with Crippen molar-refractivity contribution in [3.8, 4) is 0 Å². The monoisotopic (exact) mass is 361 g/mol. The summed E-state index contributed by atoms with van der Waals surface area (Å²) in [5.74, 6) is -0.137. The maximum absolute atomic E-state index is 13.5. The molecule has 4 nitrogen and oxygen atoms in total. The van der Waals surface area contributed by atoms with E-state index in [1.807, 2.05) is 11.8 Å². The molecule has 23 heavy (non-hydrogen) atoms. The maximum Gasteiger partial charge on any atom is 0.158 e.